The highest BCUT2D eigenvalue weighted by Crippen LogP contribution is 2.27. The van der Waals surface area contributed by atoms with Crippen LogP contribution in [0.1, 0.15) is 31.2 Å². The van der Waals surface area contributed by atoms with Crippen LogP contribution in [-0.4, -0.2) is 43.7 Å². The fourth-order valence-corrected chi connectivity index (χ4v) is 2.77. The Kier molecular flexibility index (Phi) is 10.2. The SMILES string of the molecule is Cl.O=C1CCCCCN1CCNCc1ccc(OC(F)F)cc1OC(F)F. The number of alkyl halides is 4. The van der Waals surface area contributed by atoms with Gasteiger partial charge in [-0.1, -0.05) is 12.5 Å². The molecule has 0 aliphatic carbocycles. The van der Waals surface area contributed by atoms with Crippen LogP contribution in [0.4, 0.5) is 17.6 Å². The van der Waals surface area contributed by atoms with E-state index in [-0.39, 0.29) is 36.4 Å². The van der Waals surface area contributed by atoms with Crippen LogP contribution in [-0.2, 0) is 11.3 Å². The highest BCUT2D eigenvalue weighted by atomic mass is 35.5. The number of nitrogens with one attached hydrogen (secondary N) is 1. The fraction of sp³-hybridized carbons (Fsp3) is 0.588. The van der Waals surface area contributed by atoms with Gasteiger partial charge in [-0.25, -0.2) is 0 Å². The van der Waals surface area contributed by atoms with Gasteiger partial charge in [-0.15, -0.1) is 12.4 Å². The molecule has 1 aromatic rings. The van der Waals surface area contributed by atoms with Crippen molar-refractivity contribution in [1.29, 1.82) is 0 Å². The zero-order chi connectivity index (χ0) is 18.9. The monoisotopic (exact) mass is 414 g/mol. The van der Waals surface area contributed by atoms with Crippen LogP contribution in [0.5, 0.6) is 11.5 Å². The van der Waals surface area contributed by atoms with E-state index < -0.39 is 13.2 Å². The quantitative estimate of drug-likeness (QED) is 0.493. The fourth-order valence-electron chi connectivity index (χ4n) is 2.77. The summed E-state index contributed by atoms with van der Waals surface area (Å²) in [7, 11) is 0. The second kappa shape index (κ2) is 11.9. The van der Waals surface area contributed by atoms with Crippen LogP contribution >= 0.6 is 12.4 Å². The lowest BCUT2D eigenvalue weighted by Gasteiger charge is -2.21. The van der Waals surface area contributed by atoms with Crippen LogP contribution in [0.25, 0.3) is 0 Å². The summed E-state index contributed by atoms with van der Waals surface area (Å²) < 4.78 is 58.1. The number of nitrogens with zero attached hydrogens (tertiary/aromatic N) is 1. The molecule has 1 fully saturated rings. The van der Waals surface area contributed by atoms with Gasteiger partial charge in [0.25, 0.3) is 0 Å². The normalized spacial score (nSPS) is 14.9. The van der Waals surface area contributed by atoms with Crippen molar-refractivity contribution in [3.63, 3.8) is 0 Å². The smallest absolute Gasteiger partial charge is 0.387 e. The van der Waals surface area contributed by atoms with Crippen LogP contribution in [0.2, 0.25) is 0 Å². The largest absolute Gasteiger partial charge is 0.435 e. The van der Waals surface area contributed by atoms with Crippen LogP contribution in [0.15, 0.2) is 18.2 Å². The zero-order valence-corrected chi connectivity index (χ0v) is 15.5. The summed E-state index contributed by atoms with van der Waals surface area (Å²) in [6, 6.07) is 3.66. The summed E-state index contributed by atoms with van der Waals surface area (Å²) in [6.07, 6.45) is 3.48. The van der Waals surface area contributed by atoms with E-state index in [1.165, 1.54) is 12.1 Å². The summed E-state index contributed by atoms with van der Waals surface area (Å²) in [5.74, 6) is -0.356. The van der Waals surface area contributed by atoms with Crippen molar-refractivity contribution in [2.75, 3.05) is 19.6 Å². The Balaban J connectivity index is 0.00000364. The molecule has 0 radical (unpaired) electrons. The Hall–Kier alpha value is -1.74. The van der Waals surface area contributed by atoms with Gasteiger partial charge in [-0.2, -0.15) is 17.6 Å². The Morgan fingerprint density at radius 1 is 1.07 bits per heavy atom. The molecule has 1 heterocycles. The summed E-state index contributed by atoms with van der Waals surface area (Å²) in [4.78, 5) is 13.7. The third kappa shape index (κ3) is 8.21. The minimum atomic E-state index is -3.08. The molecule has 27 heavy (non-hydrogen) atoms. The van der Waals surface area contributed by atoms with Gasteiger partial charge in [0.2, 0.25) is 5.91 Å². The van der Waals surface area contributed by atoms with E-state index in [4.69, 9.17) is 0 Å². The van der Waals surface area contributed by atoms with Gasteiger partial charge < -0.3 is 19.7 Å². The maximum absolute atomic E-state index is 12.5. The van der Waals surface area contributed by atoms with E-state index in [9.17, 15) is 22.4 Å². The third-order valence-corrected chi connectivity index (χ3v) is 4.03. The predicted octanol–water partition coefficient (Wildman–Crippen LogP) is 3.80. The standard InChI is InChI=1S/C17H22F4N2O3.ClH/c18-16(19)25-13-6-5-12(14(10-13)26-17(20)21)11-22-7-9-23-8-3-1-2-4-15(23)24;/h5-6,10,16-17,22H,1-4,7-9,11H2;1H. The molecule has 10 heteroatoms. The molecule has 0 spiro atoms. The van der Waals surface area contributed by atoms with E-state index in [0.717, 1.165) is 31.9 Å². The minimum absolute atomic E-state index is 0. The van der Waals surface area contributed by atoms with Gasteiger partial charge in [-0.3, -0.25) is 4.79 Å². The molecular weight excluding hydrogens is 392 g/mol. The summed E-state index contributed by atoms with van der Waals surface area (Å²) in [6.45, 7) is -4.21. The molecule has 2 rings (SSSR count). The highest BCUT2D eigenvalue weighted by Gasteiger charge is 2.16. The van der Waals surface area contributed by atoms with E-state index >= 15 is 0 Å². The van der Waals surface area contributed by atoms with Gasteiger partial charge in [0.05, 0.1) is 0 Å². The number of likely N-dealkylation sites (tertiary alicyclic amines) is 1. The molecule has 1 aromatic carbocycles. The Labute approximate surface area is 161 Å². The van der Waals surface area contributed by atoms with Crippen molar-refractivity contribution in [2.45, 2.75) is 45.5 Å². The second-order valence-corrected chi connectivity index (χ2v) is 5.89. The zero-order valence-electron chi connectivity index (χ0n) is 14.6. The van der Waals surface area contributed by atoms with E-state index in [1.807, 2.05) is 0 Å². The average Bonchev–Trinajstić information content (AvgIpc) is 2.76. The van der Waals surface area contributed by atoms with Gasteiger partial charge in [0.15, 0.2) is 0 Å². The number of carbonyl (C=O) groups excluding carboxylic acids is 1. The number of carbonyl (C=O) groups is 1. The van der Waals surface area contributed by atoms with Crippen molar-refractivity contribution in [3.05, 3.63) is 23.8 Å². The van der Waals surface area contributed by atoms with E-state index in [1.54, 1.807) is 4.90 Å². The molecule has 0 aromatic heterocycles. The predicted molar refractivity (Wildman–Crippen MR) is 93.7 cm³/mol. The molecule has 1 saturated heterocycles. The molecule has 1 N–H and O–H groups in total. The molecule has 0 atom stereocenters. The number of hydrogen-bond acceptors (Lipinski definition) is 4. The minimum Gasteiger partial charge on any atom is -0.435 e. The van der Waals surface area contributed by atoms with Crippen LogP contribution in [0.3, 0.4) is 0 Å². The first-order valence-electron chi connectivity index (χ1n) is 8.46. The van der Waals surface area contributed by atoms with Crippen molar-refractivity contribution < 1.29 is 31.8 Å². The molecule has 1 amide bonds. The number of benzene rings is 1. The maximum atomic E-state index is 12.5. The number of hydrogen-bond donors (Lipinski definition) is 1. The van der Waals surface area contributed by atoms with Gasteiger partial charge >= 0.3 is 13.2 Å². The Morgan fingerprint density at radius 3 is 2.52 bits per heavy atom. The molecule has 1 aliphatic rings. The van der Waals surface area contributed by atoms with E-state index in [2.05, 4.69) is 14.8 Å². The summed E-state index contributed by atoms with van der Waals surface area (Å²) in [5, 5.41) is 3.06. The lowest BCUT2D eigenvalue weighted by atomic mass is 10.2. The second-order valence-electron chi connectivity index (χ2n) is 5.89. The lowest BCUT2D eigenvalue weighted by Crippen LogP contribution is -2.36. The Morgan fingerprint density at radius 2 is 1.81 bits per heavy atom. The third-order valence-electron chi connectivity index (χ3n) is 4.03. The molecule has 0 saturated carbocycles. The number of amides is 1. The van der Waals surface area contributed by atoms with Gasteiger partial charge in [-0.05, 0) is 18.9 Å². The first-order chi connectivity index (χ1) is 12.5. The first kappa shape index (κ1) is 23.3. The molecular formula is C17H23ClF4N2O3. The molecule has 0 unspecified atom stereocenters. The van der Waals surface area contributed by atoms with Crippen LogP contribution in [0, 0.1) is 0 Å². The first-order valence-corrected chi connectivity index (χ1v) is 8.46. The van der Waals surface area contributed by atoms with E-state index in [0.29, 0.717) is 25.1 Å². The van der Waals surface area contributed by atoms with Crippen molar-refractivity contribution in [3.8, 4) is 11.5 Å². The number of ether oxygens (including phenoxy) is 2. The Bertz CT molecular complexity index is 593. The number of halogens is 5. The topological polar surface area (TPSA) is 50.8 Å². The maximum Gasteiger partial charge on any atom is 0.387 e. The van der Waals surface area contributed by atoms with Crippen molar-refractivity contribution >= 4 is 18.3 Å². The van der Waals surface area contributed by atoms with Crippen LogP contribution < -0.4 is 14.8 Å². The average molecular weight is 415 g/mol. The lowest BCUT2D eigenvalue weighted by molar-refractivity contribution is -0.130. The summed E-state index contributed by atoms with van der Waals surface area (Å²) >= 11 is 0. The van der Waals surface area contributed by atoms with Gasteiger partial charge in [0, 0.05) is 44.2 Å². The molecule has 1 aliphatic heterocycles. The highest BCUT2D eigenvalue weighted by molar-refractivity contribution is 5.85. The van der Waals surface area contributed by atoms with Crippen molar-refractivity contribution in [2.24, 2.45) is 0 Å². The number of rotatable bonds is 9. The van der Waals surface area contributed by atoms with Crippen molar-refractivity contribution in [1.82, 2.24) is 10.2 Å². The summed E-state index contributed by atoms with van der Waals surface area (Å²) in [5.41, 5.74) is 0.383. The molecule has 0 bridgehead atoms. The molecule has 5 nitrogen and oxygen atoms in total. The molecule has 154 valence electrons. The van der Waals surface area contributed by atoms with Gasteiger partial charge in [0.1, 0.15) is 11.5 Å².